The number of hydrogen-bond acceptors (Lipinski definition) is 4. The summed E-state index contributed by atoms with van der Waals surface area (Å²) in [5.74, 6) is 0.729. The first kappa shape index (κ1) is 18.3. The molecule has 26 heavy (non-hydrogen) atoms. The van der Waals surface area contributed by atoms with Gasteiger partial charge in [0.15, 0.2) is 0 Å². The van der Waals surface area contributed by atoms with Crippen LogP contribution in [0.4, 0.5) is 13.2 Å². The van der Waals surface area contributed by atoms with Crippen molar-refractivity contribution in [1.29, 1.82) is 0 Å². The number of alkyl halides is 3. The highest BCUT2D eigenvalue weighted by molar-refractivity contribution is 6.32. The Balaban J connectivity index is 1.90. The van der Waals surface area contributed by atoms with E-state index >= 15 is 0 Å². The average Bonchev–Trinajstić information content (AvgIpc) is 3.06. The lowest BCUT2D eigenvalue weighted by atomic mass is 10.1. The lowest BCUT2D eigenvalue weighted by Crippen LogP contribution is -2.05. The van der Waals surface area contributed by atoms with Crippen LogP contribution in [0.25, 0.3) is 22.8 Å². The first-order valence-electron chi connectivity index (χ1n) is 7.72. The van der Waals surface area contributed by atoms with Gasteiger partial charge in [-0.05, 0) is 50.2 Å². The second kappa shape index (κ2) is 6.99. The highest BCUT2D eigenvalue weighted by atomic mass is 35.5. The Kier molecular flexibility index (Phi) is 4.91. The van der Waals surface area contributed by atoms with Gasteiger partial charge in [0, 0.05) is 11.1 Å². The molecule has 0 spiro atoms. The van der Waals surface area contributed by atoms with Crippen LogP contribution < -0.4 is 4.74 Å². The number of hydrogen-bond donors (Lipinski definition) is 0. The second-order valence-electron chi connectivity index (χ2n) is 5.81. The van der Waals surface area contributed by atoms with Gasteiger partial charge in [-0.1, -0.05) is 22.8 Å². The van der Waals surface area contributed by atoms with Gasteiger partial charge in [0.05, 0.1) is 16.7 Å². The molecule has 0 aliphatic rings. The van der Waals surface area contributed by atoms with E-state index in [9.17, 15) is 13.2 Å². The van der Waals surface area contributed by atoms with Crippen molar-refractivity contribution >= 4 is 11.6 Å². The molecule has 1 heterocycles. The number of benzene rings is 2. The topological polar surface area (TPSA) is 48.2 Å². The van der Waals surface area contributed by atoms with Crippen molar-refractivity contribution in [3.63, 3.8) is 0 Å². The quantitative estimate of drug-likeness (QED) is 0.566. The zero-order valence-electron chi connectivity index (χ0n) is 13.8. The predicted molar refractivity (Wildman–Crippen MR) is 90.9 cm³/mol. The molecule has 0 aliphatic carbocycles. The molecule has 0 fully saturated rings. The third-order valence-electron chi connectivity index (χ3n) is 3.42. The van der Waals surface area contributed by atoms with Crippen molar-refractivity contribution in [2.45, 2.75) is 26.1 Å². The molecule has 0 bridgehead atoms. The van der Waals surface area contributed by atoms with Crippen LogP contribution in [0.1, 0.15) is 19.4 Å². The van der Waals surface area contributed by atoms with Gasteiger partial charge in [0.2, 0.25) is 5.82 Å². The van der Waals surface area contributed by atoms with Crippen LogP contribution in [0.2, 0.25) is 5.02 Å². The fourth-order valence-electron chi connectivity index (χ4n) is 2.28. The van der Waals surface area contributed by atoms with E-state index < -0.39 is 11.7 Å². The molecule has 1 aromatic heterocycles. The van der Waals surface area contributed by atoms with E-state index in [4.69, 9.17) is 20.9 Å². The average molecular weight is 383 g/mol. The van der Waals surface area contributed by atoms with Crippen LogP contribution in [0.5, 0.6) is 5.75 Å². The largest absolute Gasteiger partial charge is 0.489 e. The summed E-state index contributed by atoms with van der Waals surface area (Å²) >= 11 is 6.18. The Morgan fingerprint density at radius 2 is 1.85 bits per heavy atom. The Bertz CT molecular complexity index is 923. The lowest BCUT2D eigenvalue weighted by Gasteiger charge is -2.11. The summed E-state index contributed by atoms with van der Waals surface area (Å²) in [7, 11) is 0. The van der Waals surface area contributed by atoms with Crippen LogP contribution in [0.15, 0.2) is 47.0 Å². The molecule has 4 nitrogen and oxygen atoms in total. The summed E-state index contributed by atoms with van der Waals surface area (Å²) < 4.78 is 49.2. The van der Waals surface area contributed by atoms with E-state index in [0.717, 1.165) is 12.1 Å². The van der Waals surface area contributed by atoms with Gasteiger partial charge in [0.25, 0.3) is 5.89 Å². The molecular weight excluding hydrogens is 369 g/mol. The molecule has 0 N–H and O–H groups in total. The van der Waals surface area contributed by atoms with Crippen molar-refractivity contribution < 1.29 is 22.4 Å². The maximum atomic E-state index is 12.8. The standard InChI is InChI=1S/C18H14ClF3N2O2/c1-10(2)25-15-7-6-11(9-14(15)19)16-23-17(26-24-16)12-4-3-5-13(8-12)18(20,21)22/h3-10H,1-2H3. The summed E-state index contributed by atoms with van der Waals surface area (Å²) in [5, 5.41) is 4.20. The Morgan fingerprint density at radius 3 is 2.50 bits per heavy atom. The van der Waals surface area contributed by atoms with Gasteiger partial charge in [-0.25, -0.2) is 0 Å². The SMILES string of the molecule is CC(C)Oc1ccc(-c2noc(-c3cccc(C(F)(F)F)c3)n2)cc1Cl. The first-order valence-corrected chi connectivity index (χ1v) is 8.10. The van der Waals surface area contributed by atoms with Gasteiger partial charge in [-0.3, -0.25) is 0 Å². The minimum atomic E-state index is -4.45. The van der Waals surface area contributed by atoms with Crippen LogP contribution in [-0.2, 0) is 6.18 Å². The van der Waals surface area contributed by atoms with Gasteiger partial charge in [-0.15, -0.1) is 0 Å². The molecule has 2 aromatic carbocycles. The molecule has 3 aromatic rings. The monoisotopic (exact) mass is 382 g/mol. The smallest absolute Gasteiger partial charge is 0.416 e. The second-order valence-corrected chi connectivity index (χ2v) is 6.22. The van der Waals surface area contributed by atoms with Crippen molar-refractivity contribution in [1.82, 2.24) is 10.1 Å². The minimum absolute atomic E-state index is 0.00951. The normalized spacial score (nSPS) is 11.8. The predicted octanol–water partition coefficient (Wildman–Crippen LogP) is 5.86. The molecule has 3 rings (SSSR count). The van der Waals surface area contributed by atoms with Crippen molar-refractivity contribution in [2.75, 3.05) is 0 Å². The molecule has 0 radical (unpaired) electrons. The summed E-state index contributed by atoms with van der Waals surface area (Å²) in [4.78, 5) is 4.16. The molecule has 0 unspecified atom stereocenters. The Labute approximate surface area is 152 Å². The van der Waals surface area contributed by atoms with Crippen LogP contribution in [0.3, 0.4) is 0 Å². The number of nitrogens with zero attached hydrogens (tertiary/aromatic N) is 2. The van der Waals surface area contributed by atoms with Gasteiger partial charge < -0.3 is 9.26 Å². The molecule has 0 aliphatic heterocycles. The van der Waals surface area contributed by atoms with Crippen LogP contribution in [0, 0.1) is 0 Å². The summed E-state index contributed by atoms with van der Waals surface area (Å²) in [6, 6.07) is 9.69. The van der Waals surface area contributed by atoms with Crippen molar-refractivity contribution in [3.8, 4) is 28.6 Å². The number of ether oxygens (including phenoxy) is 1. The molecule has 8 heteroatoms. The maximum absolute atomic E-state index is 12.8. The molecule has 0 saturated heterocycles. The Hall–Kier alpha value is -2.54. The molecule has 0 saturated carbocycles. The zero-order valence-corrected chi connectivity index (χ0v) is 14.6. The van der Waals surface area contributed by atoms with Crippen molar-refractivity contribution in [2.24, 2.45) is 0 Å². The van der Waals surface area contributed by atoms with Crippen LogP contribution in [-0.4, -0.2) is 16.2 Å². The number of halogens is 4. The van der Waals surface area contributed by atoms with E-state index in [0.29, 0.717) is 16.3 Å². The molecule has 0 atom stereocenters. The molecular formula is C18H14ClF3N2O2. The lowest BCUT2D eigenvalue weighted by molar-refractivity contribution is -0.137. The van der Waals surface area contributed by atoms with E-state index in [1.807, 2.05) is 13.8 Å². The van der Waals surface area contributed by atoms with Gasteiger partial charge in [-0.2, -0.15) is 18.2 Å². The Morgan fingerprint density at radius 1 is 1.08 bits per heavy atom. The van der Waals surface area contributed by atoms with E-state index in [2.05, 4.69) is 10.1 Å². The minimum Gasteiger partial charge on any atom is -0.489 e. The van der Waals surface area contributed by atoms with Crippen LogP contribution >= 0.6 is 11.6 Å². The maximum Gasteiger partial charge on any atom is 0.416 e. The first-order chi connectivity index (χ1) is 12.2. The van der Waals surface area contributed by atoms with E-state index in [1.54, 1.807) is 18.2 Å². The van der Waals surface area contributed by atoms with Crippen molar-refractivity contribution in [3.05, 3.63) is 53.1 Å². The summed E-state index contributed by atoms with van der Waals surface area (Å²) in [5.41, 5.74) is -0.0366. The fraction of sp³-hybridized carbons (Fsp3) is 0.222. The summed E-state index contributed by atoms with van der Waals surface area (Å²) in [6.45, 7) is 3.76. The summed E-state index contributed by atoms with van der Waals surface area (Å²) in [6.07, 6.45) is -4.48. The fourth-order valence-corrected chi connectivity index (χ4v) is 2.50. The van der Waals surface area contributed by atoms with E-state index in [1.165, 1.54) is 12.1 Å². The third-order valence-corrected chi connectivity index (χ3v) is 3.71. The highest BCUT2D eigenvalue weighted by Gasteiger charge is 2.30. The number of rotatable bonds is 4. The van der Waals surface area contributed by atoms with Gasteiger partial charge in [0.1, 0.15) is 5.75 Å². The molecule has 136 valence electrons. The highest BCUT2D eigenvalue weighted by Crippen LogP contribution is 2.33. The zero-order chi connectivity index (χ0) is 18.9. The van der Waals surface area contributed by atoms with E-state index in [-0.39, 0.29) is 23.4 Å². The molecule has 0 amide bonds. The van der Waals surface area contributed by atoms with Gasteiger partial charge >= 0.3 is 6.18 Å². The number of aromatic nitrogens is 2. The third kappa shape index (κ3) is 3.99.